The first-order valence-corrected chi connectivity index (χ1v) is 37.7. The molecule has 5 amide bonds. The van der Waals surface area contributed by atoms with Gasteiger partial charge in [-0.25, -0.2) is 14.4 Å². The number of halogens is 3. The summed E-state index contributed by atoms with van der Waals surface area (Å²) in [6, 6.07) is 79.2. The third kappa shape index (κ3) is 28.1. The van der Waals surface area contributed by atoms with E-state index in [1.807, 2.05) is 137 Å². The zero-order valence-corrected chi connectivity index (χ0v) is 66.8. The number of rotatable bonds is 20. The molecular formula is C97H74Cl2FN11O10. The molecular weight excluding hydrogens is 1570 g/mol. The van der Waals surface area contributed by atoms with E-state index in [-0.39, 0.29) is 35.1 Å². The highest BCUT2D eigenvalue weighted by molar-refractivity contribution is 6.30. The van der Waals surface area contributed by atoms with Gasteiger partial charge in [-0.2, -0.15) is 0 Å². The number of nitrogens with zero attached hydrogens (tertiary/aromatic N) is 6. The number of hydrogen-bond donors (Lipinski definition) is 5. The van der Waals surface area contributed by atoms with E-state index >= 15 is 0 Å². The molecule has 10 aromatic carbocycles. The maximum absolute atomic E-state index is 13.8. The quantitative estimate of drug-likeness (QED) is 0.0444. The second-order valence-electron chi connectivity index (χ2n) is 26.2. The molecule has 5 heterocycles. The van der Waals surface area contributed by atoms with E-state index in [1.54, 1.807) is 177 Å². The van der Waals surface area contributed by atoms with Crippen molar-refractivity contribution in [3.63, 3.8) is 0 Å². The van der Waals surface area contributed by atoms with Gasteiger partial charge in [0.05, 0.1) is 47.2 Å². The standard InChI is InChI=1S/C20H13ClN2O2.C20H18N2O2.C19H15ClN2O2.C19H12FN3O2.C19H16N2O2/c1-2-14-5-3-6-15(9-14)20(24)23-17-7-4-8-18(11-17)25-19-10-16(21)12-22-13-19;1-14-5-3-6-16(11-14)20(23)22-17-7-4-8-18(12-17)24-19-10-9-15(2)21-13-19;1-13-4-2-5-14(8-13)19(23)22-16-6-3-7-17(10-16)24-18-9-15(20)11-21-12-18;1-2-13-4-3-5-14(6-13)19(24)23-16-7-15(20)8-17(9-16)25-18-10-21-12-22-11-18;1-14-5-2-6-15(11-14)19(22)21-16-7-3-8-17(12-16)23-18-9-4-10-20-13-18/h1,3-13H,(H,23,24);3-13H,1-2H3,(H,22,23);2-12H,1H3,(H,22,23);1,3-12H,(H,23,24);2-13H,1H3,(H,21,22). The van der Waals surface area contributed by atoms with E-state index in [0.29, 0.717) is 123 Å². The summed E-state index contributed by atoms with van der Waals surface area (Å²) in [7, 11) is 0. The van der Waals surface area contributed by atoms with Gasteiger partial charge in [-0.15, -0.1) is 12.8 Å². The number of carbonyl (C=O) groups is 5. The molecule has 15 aromatic rings. The van der Waals surface area contributed by atoms with Gasteiger partial charge in [-0.05, 0) is 179 Å². The van der Waals surface area contributed by atoms with Crippen LogP contribution in [0.15, 0.2) is 335 Å². The number of aromatic nitrogens is 6. The molecule has 0 saturated heterocycles. The van der Waals surface area contributed by atoms with Crippen molar-refractivity contribution in [2.45, 2.75) is 27.7 Å². The largest absolute Gasteiger partial charge is 0.456 e. The predicted octanol–water partition coefficient (Wildman–Crippen LogP) is 22.7. The third-order valence-corrected chi connectivity index (χ3v) is 16.9. The van der Waals surface area contributed by atoms with Crippen molar-refractivity contribution in [1.82, 2.24) is 29.9 Å². The van der Waals surface area contributed by atoms with E-state index in [2.05, 4.69) is 68.3 Å². The van der Waals surface area contributed by atoms with Crippen molar-refractivity contribution in [1.29, 1.82) is 0 Å². The second kappa shape index (κ2) is 43.5. The normalized spacial score (nSPS) is 10.1. The number of benzene rings is 10. The molecule has 0 bridgehead atoms. The molecule has 598 valence electrons. The monoisotopic (exact) mass is 1640 g/mol. The molecule has 0 aliphatic heterocycles. The number of aryl methyl sites for hydroxylation is 4. The van der Waals surface area contributed by atoms with Gasteiger partial charge in [0.2, 0.25) is 0 Å². The molecule has 5 aromatic heterocycles. The van der Waals surface area contributed by atoms with Crippen LogP contribution in [-0.4, -0.2) is 59.4 Å². The Labute approximate surface area is 707 Å². The van der Waals surface area contributed by atoms with Crippen LogP contribution >= 0.6 is 23.2 Å². The highest BCUT2D eigenvalue weighted by Crippen LogP contribution is 2.31. The summed E-state index contributed by atoms with van der Waals surface area (Å²) in [5.41, 5.74) is 10.9. The van der Waals surface area contributed by atoms with Gasteiger partial charge < -0.3 is 50.3 Å². The fraction of sp³-hybridized carbons (Fsp3) is 0.0412. The summed E-state index contributed by atoms with van der Waals surface area (Å²) in [6.45, 7) is 7.79. The summed E-state index contributed by atoms with van der Waals surface area (Å²) in [5, 5.41) is 15.0. The minimum Gasteiger partial charge on any atom is -0.456 e. The summed E-state index contributed by atoms with van der Waals surface area (Å²) in [6.07, 6.45) is 26.1. The smallest absolute Gasteiger partial charge is 0.255 e. The van der Waals surface area contributed by atoms with Crippen LogP contribution in [0.4, 0.5) is 32.8 Å². The van der Waals surface area contributed by atoms with Crippen LogP contribution in [0.3, 0.4) is 0 Å². The van der Waals surface area contributed by atoms with Crippen LogP contribution in [0.2, 0.25) is 10.0 Å². The third-order valence-electron chi connectivity index (χ3n) is 16.5. The van der Waals surface area contributed by atoms with Crippen LogP contribution in [0, 0.1) is 58.2 Å². The molecule has 21 nitrogen and oxygen atoms in total. The number of nitrogens with one attached hydrogen (secondary N) is 5. The number of amides is 5. The van der Waals surface area contributed by atoms with Gasteiger partial charge in [0.1, 0.15) is 63.9 Å². The predicted molar refractivity (Wildman–Crippen MR) is 468 cm³/mol. The Morgan fingerprint density at radius 2 is 0.645 bits per heavy atom. The molecule has 0 unspecified atom stereocenters. The summed E-state index contributed by atoms with van der Waals surface area (Å²) < 4.78 is 42.2. The number of hydrogen-bond acceptors (Lipinski definition) is 16. The van der Waals surface area contributed by atoms with Crippen LogP contribution in [0.5, 0.6) is 57.5 Å². The lowest BCUT2D eigenvalue weighted by atomic mass is 10.1. The molecule has 0 spiro atoms. The van der Waals surface area contributed by atoms with E-state index in [1.165, 1.54) is 49.3 Å². The zero-order chi connectivity index (χ0) is 85.2. The molecule has 24 heteroatoms. The Bertz CT molecular complexity index is 6220. The fourth-order valence-electron chi connectivity index (χ4n) is 11.0. The summed E-state index contributed by atoms with van der Waals surface area (Å²) >= 11 is 11.8. The van der Waals surface area contributed by atoms with Crippen molar-refractivity contribution in [2.75, 3.05) is 26.6 Å². The molecule has 5 N–H and O–H groups in total. The highest BCUT2D eigenvalue weighted by atomic mass is 35.5. The molecule has 0 saturated carbocycles. The van der Waals surface area contributed by atoms with Gasteiger partial charge >= 0.3 is 0 Å². The Kier molecular flexibility index (Phi) is 30.9. The van der Waals surface area contributed by atoms with Crippen LogP contribution in [-0.2, 0) is 0 Å². The molecule has 0 aliphatic carbocycles. The van der Waals surface area contributed by atoms with E-state index in [0.717, 1.165) is 22.4 Å². The maximum Gasteiger partial charge on any atom is 0.255 e. The number of carbonyl (C=O) groups excluding carboxylic acids is 5. The minimum absolute atomic E-state index is 0.146. The lowest BCUT2D eigenvalue weighted by Crippen LogP contribution is -2.12. The number of pyridine rings is 4. The van der Waals surface area contributed by atoms with Crippen LogP contribution in [0.25, 0.3) is 0 Å². The van der Waals surface area contributed by atoms with Gasteiger partial charge in [-0.3, -0.25) is 43.9 Å². The first-order valence-electron chi connectivity index (χ1n) is 37.0. The molecule has 0 radical (unpaired) electrons. The molecule has 0 fully saturated rings. The summed E-state index contributed by atoms with van der Waals surface area (Å²) in [4.78, 5) is 85.3. The van der Waals surface area contributed by atoms with Crippen molar-refractivity contribution in [3.8, 4) is 82.2 Å². The highest BCUT2D eigenvalue weighted by Gasteiger charge is 2.15. The molecule has 15 rings (SSSR count). The van der Waals surface area contributed by atoms with Crippen molar-refractivity contribution < 1.29 is 52.0 Å². The van der Waals surface area contributed by atoms with Gasteiger partial charge in [0.15, 0.2) is 5.75 Å². The number of terminal acetylenes is 2. The molecule has 0 aliphatic rings. The molecule has 121 heavy (non-hydrogen) atoms. The lowest BCUT2D eigenvalue weighted by Gasteiger charge is -2.09. The van der Waals surface area contributed by atoms with Crippen molar-refractivity contribution in [3.05, 3.63) is 412 Å². The zero-order valence-electron chi connectivity index (χ0n) is 65.3. The van der Waals surface area contributed by atoms with Crippen LogP contribution < -0.4 is 50.3 Å². The van der Waals surface area contributed by atoms with E-state index in [9.17, 15) is 28.4 Å². The Hall–Kier alpha value is -16.1. The fourth-order valence-corrected chi connectivity index (χ4v) is 11.3. The average Bonchev–Trinajstić information content (AvgIpc) is 0.855. The van der Waals surface area contributed by atoms with Gasteiger partial charge in [-0.1, -0.05) is 125 Å². The van der Waals surface area contributed by atoms with Crippen molar-refractivity contribution >= 4 is 81.2 Å². The SMILES string of the molecule is C#Cc1cccc(C(=O)Nc2cc(F)cc(Oc3cncnc3)c2)c1.C#Cc1cccc(C(=O)Nc2cccc(Oc3cncc(Cl)c3)c2)c1.Cc1cccc(C(=O)Nc2cccc(Oc3ccc(C)nc3)c2)c1.Cc1cccc(C(=O)Nc2cccc(Oc3cccnc3)c2)c1.Cc1cccc(C(=O)Nc2cccc(Oc3cncc(Cl)c3)c2)c1. The first kappa shape index (κ1) is 85.7. The molecule has 0 atom stereocenters. The van der Waals surface area contributed by atoms with Gasteiger partial charge in [0, 0.05) is 140 Å². The minimum atomic E-state index is -0.554. The number of ether oxygens (including phenoxy) is 5. The van der Waals surface area contributed by atoms with E-state index in [4.69, 9.17) is 59.7 Å². The second-order valence-corrected chi connectivity index (χ2v) is 27.1. The van der Waals surface area contributed by atoms with E-state index < -0.39 is 11.7 Å². The number of anilines is 5. The van der Waals surface area contributed by atoms with Crippen LogP contribution in [0.1, 0.15) is 85.3 Å². The average molecular weight is 1640 g/mol. The topological polar surface area (TPSA) is 269 Å². The maximum atomic E-state index is 13.8. The lowest BCUT2D eigenvalue weighted by molar-refractivity contribution is 0.101. The van der Waals surface area contributed by atoms with Gasteiger partial charge in [0.25, 0.3) is 29.5 Å². The first-order chi connectivity index (χ1) is 58.7. The Morgan fingerprint density at radius 1 is 0.306 bits per heavy atom. The summed E-state index contributed by atoms with van der Waals surface area (Å²) in [5.74, 6) is 8.63. The Morgan fingerprint density at radius 3 is 1.02 bits per heavy atom. The Balaban J connectivity index is 0.000000148. The van der Waals surface area contributed by atoms with Crippen molar-refractivity contribution in [2.24, 2.45) is 0 Å².